The van der Waals surface area contributed by atoms with Crippen LogP contribution in [-0.4, -0.2) is 32.9 Å². The van der Waals surface area contributed by atoms with Crippen molar-refractivity contribution in [2.45, 2.75) is 10.8 Å². The maximum atomic E-state index is 13.1. The van der Waals surface area contributed by atoms with E-state index in [2.05, 4.69) is 20.0 Å². The average Bonchev–Trinajstić information content (AvgIpc) is 3.33. The van der Waals surface area contributed by atoms with E-state index in [0.29, 0.717) is 28.5 Å². The van der Waals surface area contributed by atoms with Gasteiger partial charge in [0.25, 0.3) is 0 Å². The largest absolute Gasteiger partial charge is 0.463 e. The summed E-state index contributed by atoms with van der Waals surface area (Å²) in [5, 5.41) is 13.5. The summed E-state index contributed by atoms with van der Waals surface area (Å²) in [7, 11) is 1.30. The van der Waals surface area contributed by atoms with Crippen molar-refractivity contribution in [3.8, 4) is 11.4 Å². The van der Waals surface area contributed by atoms with E-state index in [1.54, 1.807) is 34.8 Å². The number of nitrogens with zero attached hydrogens (tertiary/aromatic N) is 4. The van der Waals surface area contributed by atoms with Crippen LogP contribution in [0.25, 0.3) is 17.0 Å². The third-order valence-corrected chi connectivity index (χ3v) is 4.69. The Morgan fingerprint density at radius 1 is 1.15 bits per heavy atom. The van der Waals surface area contributed by atoms with Crippen molar-refractivity contribution >= 4 is 23.4 Å². The minimum Gasteiger partial charge on any atom is -0.463 e. The standard InChI is InChI=1S/C18H13FN4O3S/c1-25-18(24)14-7-6-13(26-14)10-27-16-9-8-15-20-21-17(23(15)22-16)11-2-4-12(19)5-3-11/h2-9H,10H2,1H3. The highest BCUT2D eigenvalue weighted by Crippen LogP contribution is 2.24. The molecule has 0 radical (unpaired) electrons. The number of carbonyl (C=O) groups excluding carboxylic acids is 1. The molecule has 0 spiro atoms. The Kier molecular flexibility index (Phi) is 4.59. The number of thioether (sulfide) groups is 1. The van der Waals surface area contributed by atoms with E-state index in [1.165, 1.54) is 31.0 Å². The molecular formula is C18H13FN4O3S. The molecule has 0 N–H and O–H groups in total. The summed E-state index contributed by atoms with van der Waals surface area (Å²) in [6.45, 7) is 0. The van der Waals surface area contributed by atoms with Gasteiger partial charge in [-0.25, -0.2) is 9.18 Å². The molecule has 0 saturated carbocycles. The van der Waals surface area contributed by atoms with Crippen molar-refractivity contribution < 1.29 is 18.3 Å². The second-order valence-electron chi connectivity index (χ2n) is 5.52. The van der Waals surface area contributed by atoms with Gasteiger partial charge in [0.05, 0.1) is 12.9 Å². The lowest BCUT2D eigenvalue weighted by atomic mass is 10.2. The smallest absolute Gasteiger partial charge is 0.373 e. The van der Waals surface area contributed by atoms with Gasteiger partial charge < -0.3 is 9.15 Å². The summed E-state index contributed by atoms with van der Waals surface area (Å²) in [4.78, 5) is 11.4. The third kappa shape index (κ3) is 3.54. The second kappa shape index (κ2) is 7.20. The van der Waals surface area contributed by atoms with Crippen molar-refractivity contribution in [3.63, 3.8) is 0 Å². The fourth-order valence-corrected chi connectivity index (χ4v) is 3.19. The Balaban J connectivity index is 1.56. The van der Waals surface area contributed by atoms with Gasteiger partial charge in [-0.05, 0) is 48.5 Å². The van der Waals surface area contributed by atoms with Gasteiger partial charge in [-0.3, -0.25) is 0 Å². The first-order valence-corrected chi connectivity index (χ1v) is 8.91. The van der Waals surface area contributed by atoms with Crippen LogP contribution in [0.3, 0.4) is 0 Å². The Bertz CT molecular complexity index is 1110. The molecule has 0 aliphatic rings. The lowest BCUT2D eigenvalue weighted by Gasteiger charge is -2.02. The molecule has 0 bridgehead atoms. The first kappa shape index (κ1) is 17.2. The van der Waals surface area contributed by atoms with Crippen molar-refractivity contribution in [2.75, 3.05) is 7.11 Å². The average molecular weight is 384 g/mol. The highest BCUT2D eigenvalue weighted by atomic mass is 32.2. The van der Waals surface area contributed by atoms with E-state index in [4.69, 9.17) is 4.42 Å². The maximum absolute atomic E-state index is 13.1. The SMILES string of the molecule is COC(=O)c1ccc(CSc2ccc3nnc(-c4ccc(F)cc4)n3n2)o1. The fraction of sp³-hybridized carbons (Fsp3) is 0.111. The maximum Gasteiger partial charge on any atom is 0.373 e. The zero-order valence-corrected chi connectivity index (χ0v) is 14.9. The quantitative estimate of drug-likeness (QED) is 0.384. The molecule has 9 heteroatoms. The number of rotatable bonds is 5. The van der Waals surface area contributed by atoms with Crippen LogP contribution < -0.4 is 0 Å². The number of hydrogen-bond donors (Lipinski definition) is 0. The molecule has 1 aromatic carbocycles. The molecule has 4 aromatic rings. The van der Waals surface area contributed by atoms with Crippen LogP contribution in [0.15, 0.2) is 58.0 Å². The summed E-state index contributed by atoms with van der Waals surface area (Å²) in [5.41, 5.74) is 1.30. The Morgan fingerprint density at radius 2 is 1.96 bits per heavy atom. The van der Waals surface area contributed by atoms with Gasteiger partial charge in [0.1, 0.15) is 16.6 Å². The van der Waals surface area contributed by atoms with Crippen molar-refractivity contribution in [3.05, 3.63) is 65.9 Å². The topological polar surface area (TPSA) is 82.5 Å². The van der Waals surface area contributed by atoms with Crippen LogP contribution in [0.2, 0.25) is 0 Å². The number of carbonyl (C=O) groups is 1. The molecule has 0 saturated heterocycles. The number of furan rings is 1. The molecule has 0 fully saturated rings. The summed E-state index contributed by atoms with van der Waals surface area (Å²) >= 11 is 1.44. The number of halogens is 1. The summed E-state index contributed by atoms with van der Waals surface area (Å²) in [5.74, 6) is 0.974. The molecule has 3 aromatic heterocycles. The van der Waals surface area contributed by atoms with E-state index in [9.17, 15) is 9.18 Å². The van der Waals surface area contributed by atoms with Gasteiger partial charge in [-0.2, -0.15) is 9.61 Å². The van der Waals surface area contributed by atoms with Crippen molar-refractivity contribution in [1.29, 1.82) is 0 Å². The van der Waals surface area contributed by atoms with Gasteiger partial charge in [0, 0.05) is 5.56 Å². The van der Waals surface area contributed by atoms with Gasteiger partial charge >= 0.3 is 5.97 Å². The van der Waals surface area contributed by atoms with Crippen molar-refractivity contribution in [2.24, 2.45) is 0 Å². The monoisotopic (exact) mass is 384 g/mol. The lowest BCUT2D eigenvalue weighted by Crippen LogP contribution is -1.98. The zero-order chi connectivity index (χ0) is 18.8. The second-order valence-corrected chi connectivity index (χ2v) is 6.51. The molecule has 27 heavy (non-hydrogen) atoms. The number of fused-ring (bicyclic) bond motifs is 1. The van der Waals surface area contributed by atoms with Crippen LogP contribution in [0.1, 0.15) is 16.3 Å². The number of benzene rings is 1. The van der Waals surface area contributed by atoms with Crippen LogP contribution >= 0.6 is 11.8 Å². The third-order valence-electron chi connectivity index (χ3n) is 3.75. The first-order valence-electron chi connectivity index (χ1n) is 7.92. The molecule has 0 unspecified atom stereocenters. The minimum absolute atomic E-state index is 0.161. The number of methoxy groups -OCH3 is 1. The van der Waals surface area contributed by atoms with E-state index in [-0.39, 0.29) is 11.6 Å². The normalized spacial score (nSPS) is 11.0. The van der Waals surface area contributed by atoms with E-state index < -0.39 is 5.97 Å². The Hall–Kier alpha value is -3.20. The predicted molar refractivity (Wildman–Crippen MR) is 95.8 cm³/mol. The number of ether oxygens (including phenoxy) is 1. The number of aromatic nitrogens is 4. The number of hydrogen-bond acceptors (Lipinski definition) is 7. The van der Waals surface area contributed by atoms with E-state index in [1.807, 2.05) is 6.07 Å². The minimum atomic E-state index is -0.515. The molecule has 0 aliphatic carbocycles. The van der Waals surface area contributed by atoms with Gasteiger partial charge in [-0.1, -0.05) is 11.8 Å². The Morgan fingerprint density at radius 3 is 2.74 bits per heavy atom. The highest BCUT2D eigenvalue weighted by molar-refractivity contribution is 7.98. The lowest BCUT2D eigenvalue weighted by molar-refractivity contribution is 0.0563. The van der Waals surface area contributed by atoms with E-state index >= 15 is 0 Å². The molecule has 0 aliphatic heterocycles. The van der Waals surface area contributed by atoms with Gasteiger partial charge in [0.2, 0.25) is 5.76 Å². The Labute approximate surface area is 157 Å². The number of esters is 1. The molecule has 0 amide bonds. The molecular weight excluding hydrogens is 371 g/mol. The van der Waals surface area contributed by atoms with Gasteiger partial charge in [0.15, 0.2) is 11.5 Å². The predicted octanol–water partition coefficient (Wildman–Crippen LogP) is 3.60. The summed E-state index contributed by atoms with van der Waals surface area (Å²) in [6.07, 6.45) is 0. The molecule has 136 valence electrons. The molecule has 4 rings (SSSR count). The van der Waals surface area contributed by atoms with Crippen LogP contribution in [0.5, 0.6) is 0 Å². The highest BCUT2D eigenvalue weighted by Gasteiger charge is 2.13. The molecule has 0 atom stereocenters. The molecule has 7 nitrogen and oxygen atoms in total. The fourth-order valence-electron chi connectivity index (χ4n) is 2.44. The van der Waals surface area contributed by atoms with Crippen LogP contribution in [0, 0.1) is 5.82 Å². The first-order chi connectivity index (χ1) is 13.1. The van der Waals surface area contributed by atoms with Crippen molar-refractivity contribution in [1.82, 2.24) is 19.8 Å². The summed E-state index contributed by atoms with van der Waals surface area (Å²) in [6, 6.07) is 12.9. The van der Waals surface area contributed by atoms with Gasteiger partial charge in [-0.15, -0.1) is 10.2 Å². The summed E-state index contributed by atoms with van der Waals surface area (Å²) < 4.78 is 24.8. The van der Waals surface area contributed by atoms with E-state index in [0.717, 1.165) is 5.03 Å². The molecule has 3 heterocycles. The van der Waals surface area contributed by atoms with Crippen LogP contribution in [0.4, 0.5) is 4.39 Å². The van der Waals surface area contributed by atoms with Crippen LogP contribution in [-0.2, 0) is 10.5 Å². The zero-order valence-electron chi connectivity index (χ0n) is 14.1.